The summed E-state index contributed by atoms with van der Waals surface area (Å²) < 4.78 is 21.6. The molecule has 1 aromatic heterocycles. The minimum Gasteiger partial charge on any atom is -0.491 e. The van der Waals surface area contributed by atoms with Gasteiger partial charge in [-0.15, -0.1) is 0 Å². The Morgan fingerprint density at radius 1 is 1.11 bits per heavy atom. The number of hydrogen-bond donors (Lipinski definition) is 0. The van der Waals surface area contributed by atoms with Gasteiger partial charge in [-0.05, 0) is 37.1 Å². The number of esters is 1. The van der Waals surface area contributed by atoms with Gasteiger partial charge in [0.05, 0.1) is 11.7 Å². The lowest BCUT2D eigenvalue weighted by atomic mass is 10.2. The van der Waals surface area contributed by atoms with Gasteiger partial charge in [0.15, 0.2) is 6.61 Å². The molecule has 7 heteroatoms. The molecule has 144 valence electrons. The largest absolute Gasteiger partial charge is 0.491 e. The highest BCUT2D eigenvalue weighted by Gasteiger charge is 2.16. The molecular weight excluding hydrogens is 360 g/mol. The van der Waals surface area contributed by atoms with Crippen LogP contribution in [0, 0.1) is 0 Å². The van der Waals surface area contributed by atoms with Crippen molar-refractivity contribution in [3.8, 4) is 17.1 Å². The summed E-state index contributed by atoms with van der Waals surface area (Å²) in [5.41, 5.74) is 1.26. The average molecular weight is 380 g/mol. The standard InChI is InChI=1S/C21H20N2O5/c24-21(16-8-10-17(11-9-16)26-13-18-7-4-12-25-18)27-14-19-22-20(23-28-19)15-5-2-1-3-6-15/h1-3,5-6,8-11,18H,4,7,12-14H2. The molecule has 1 aliphatic rings. The second kappa shape index (κ2) is 8.67. The molecule has 3 aromatic rings. The van der Waals surface area contributed by atoms with E-state index in [0.29, 0.717) is 23.7 Å². The summed E-state index contributed by atoms with van der Waals surface area (Å²) in [5.74, 6) is 0.921. The number of ether oxygens (including phenoxy) is 3. The fraction of sp³-hybridized carbons (Fsp3) is 0.286. The maximum absolute atomic E-state index is 12.2. The predicted octanol–water partition coefficient (Wildman–Crippen LogP) is 3.65. The second-order valence-corrected chi connectivity index (χ2v) is 6.42. The van der Waals surface area contributed by atoms with E-state index >= 15 is 0 Å². The van der Waals surface area contributed by atoms with Gasteiger partial charge in [-0.2, -0.15) is 4.98 Å². The van der Waals surface area contributed by atoms with Gasteiger partial charge in [-0.25, -0.2) is 4.79 Å². The molecule has 1 unspecified atom stereocenters. The van der Waals surface area contributed by atoms with E-state index in [9.17, 15) is 4.79 Å². The number of nitrogens with zero attached hydrogens (tertiary/aromatic N) is 2. The van der Waals surface area contributed by atoms with Crippen molar-refractivity contribution in [2.24, 2.45) is 0 Å². The Labute approximate surface area is 162 Å². The van der Waals surface area contributed by atoms with Crippen molar-refractivity contribution in [1.82, 2.24) is 10.1 Å². The lowest BCUT2D eigenvalue weighted by Gasteiger charge is -2.11. The van der Waals surface area contributed by atoms with Crippen molar-refractivity contribution in [2.75, 3.05) is 13.2 Å². The van der Waals surface area contributed by atoms with Crippen LogP contribution >= 0.6 is 0 Å². The van der Waals surface area contributed by atoms with Gasteiger partial charge < -0.3 is 18.7 Å². The van der Waals surface area contributed by atoms with Crippen molar-refractivity contribution in [1.29, 1.82) is 0 Å². The molecule has 2 aromatic carbocycles. The van der Waals surface area contributed by atoms with Crippen LogP contribution in [0.25, 0.3) is 11.4 Å². The van der Waals surface area contributed by atoms with Crippen LogP contribution in [0.3, 0.4) is 0 Å². The zero-order valence-corrected chi connectivity index (χ0v) is 15.2. The van der Waals surface area contributed by atoms with E-state index < -0.39 is 5.97 Å². The fourth-order valence-electron chi connectivity index (χ4n) is 2.88. The van der Waals surface area contributed by atoms with Crippen molar-refractivity contribution in [2.45, 2.75) is 25.6 Å². The molecule has 0 radical (unpaired) electrons. The van der Waals surface area contributed by atoms with E-state index in [1.807, 2.05) is 30.3 Å². The zero-order valence-electron chi connectivity index (χ0n) is 15.2. The Morgan fingerprint density at radius 3 is 2.68 bits per heavy atom. The van der Waals surface area contributed by atoms with Gasteiger partial charge >= 0.3 is 5.97 Å². The normalized spacial score (nSPS) is 16.1. The maximum Gasteiger partial charge on any atom is 0.338 e. The molecule has 1 fully saturated rings. The topological polar surface area (TPSA) is 83.7 Å². The van der Waals surface area contributed by atoms with E-state index in [-0.39, 0.29) is 18.6 Å². The van der Waals surface area contributed by atoms with Gasteiger partial charge in [0, 0.05) is 12.2 Å². The fourth-order valence-corrected chi connectivity index (χ4v) is 2.88. The molecule has 1 aliphatic heterocycles. The van der Waals surface area contributed by atoms with Gasteiger partial charge in [0.2, 0.25) is 5.82 Å². The molecule has 0 spiro atoms. The Bertz CT molecular complexity index is 902. The number of benzene rings is 2. The molecule has 1 saturated heterocycles. The maximum atomic E-state index is 12.2. The summed E-state index contributed by atoms with van der Waals surface area (Å²) in [5, 5.41) is 3.90. The summed E-state index contributed by atoms with van der Waals surface area (Å²) in [6, 6.07) is 16.3. The van der Waals surface area contributed by atoms with Crippen molar-refractivity contribution < 1.29 is 23.5 Å². The summed E-state index contributed by atoms with van der Waals surface area (Å²) in [6.07, 6.45) is 2.25. The third kappa shape index (κ3) is 4.55. The third-order valence-electron chi connectivity index (χ3n) is 4.38. The molecule has 4 rings (SSSR count). The molecule has 0 amide bonds. The van der Waals surface area contributed by atoms with Gasteiger partial charge in [0.1, 0.15) is 12.4 Å². The predicted molar refractivity (Wildman–Crippen MR) is 99.8 cm³/mol. The molecule has 0 N–H and O–H groups in total. The Hall–Kier alpha value is -3.19. The molecule has 2 heterocycles. The van der Waals surface area contributed by atoms with Crippen LogP contribution in [0.4, 0.5) is 0 Å². The molecule has 0 bridgehead atoms. The molecule has 0 saturated carbocycles. The minimum absolute atomic E-state index is 0.0874. The zero-order chi connectivity index (χ0) is 19.2. The monoisotopic (exact) mass is 380 g/mol. The Balaban J connectivity index is 1.28. The SMILES string of the molecule is O=C(OCc1nc(-c2ccccc2)no1)c1ccc(OCC2CCCO2)cc1. The second-order valence-electron chi connectivity index (χ2n) is 6.42. The lowest BCUT2D eigenvalue weighted by molar-refractivity contribution is 0.0429. The Morgan fingerprint density at radius 2 is 1.93 bits per heavy atom. The molecular formula is C21H20N2O5. The summed E-state index contributed by atoms with van der Waals surface area (Å²) in [7, 11) is 0. The van der Waals surface area contributed by atoms with Crippen molar-refractivity contribution in [3.63, 3.8) is 0 Å². The first-order chi connectivity index (χ1) is 13.8. The highest BCUT2D eigenvalue weighted by atomic mass is 16.6. The summed E-state index contributed by atoms with van der Waals surface area (Å²) in [4.78, 5) is 16.4. The highest BCUT2D eigenvalue weighted by Crippen LogP contribution is 2.18. The van der Waals surface area contributed by atoms with Crippen LogP contribution in [0.1, 0.15) is 29.1 Å². The van der Waals surface area contributed by atoms with E-state index in [1.54, 1.807) is 24.3 Å². The van der Waals surface area contributed by atoms with Gasteiger partial charge in [-0.1, -0.05) is 35.5 Å². The third-order valence-corrected chi connectivity index (χ3v) is 4.38. The van der Waals surface area contributed by atoms with Crippen LogP contribution in [0.2, 0.25) is 0 Å². The van der Waals surface area contributed by atoms with E-state index in [4.69, 9.17) is 18.7 Å². The van der Waals surface area contributed by atoms with Crippen LogP contribution in [0.15, 0.2) is 59.1 Å². The van der Waals surface area contributed by atoms with E-state index in [2.05, 4.69) is 10.1 Å². The molecule has 28 heavy (non-hydrogen) atoms. The number of rotatable bonds is 7. The van der Waals surface area contributed by atoms with E-state index in [1.165, 1.54) is 0 Å². The molecule has 0 aliphatic carbocycles. The lowest BCUT2D eigenvalue weighted by Crippen LogP contribution is -2.16. The van der Waals surface area contributed by atoms with E-state index in [0.717, 1.165) is 25.0 Å². The number of carbonyl (C=O) groups is 1. The number of aromatic nitrogens is 2. The number of carbonyl (C=O) groups excluding carboxylic acids is 1. The van der Waals surface area contributed by atoms with Crippen LogP contribution in [0.5, 0.6) is 5.75 Å². The smallest absolute Gasteiger partial charge is 0.338 e. The number of hydrogen-bond acceptors (Lipinski definition) is 7. The highest BCUT2D eigenvalue weighted by molar-refractivity contribution is 5.89. The van der Waals surface area contributed by atoms with Gasteiger partial charge in [0.25, 0.3) is 5.89 Å². The summed E-state index contributed by atoms with van der Waals surface area (Å²) >= 11 is 0. The van der Waals surface area contributed by atoms with Crippen LogP contribution in [-0.2, 0) is 16.1 Å². The average Bonchev–Trinajstić information content (AvgIpc) is 3.44. The van der Waals surface area contributed by atoms with Gasteiger partial charge in [-0.3, -0.25) is 0 Å². The van der Waals surface area contributed by atoms with Crippen molar-refractivity contribution >= 4 is 5.97 Å². The quantitative estimate of drug-likeness (QED) is 0.579. The minimum atomic E-state index is -0.467. The first-order valence-electron chi connectivity index (χ1n) is 9.17. The molecule has 7 nitrogen and oxygen atoms in total. The van der Waals surface area contributed by atoms with Crippen molar-refractivity contribution in [3.05, 3.63) is 66.1 Å². The Kier molecular flexibility index (Phi) is 5.63. The van der Waals surface area contributed by atoms with Crippen LogP contribution < -0.4 is 4.74 Å². The van der Waals surface area contributed by atoms with Crippen LogP contribution in [-0.4, -0.2) is 35.4 Å². The summed E-state index contributed by atoms with van der Waals surface area (Å²) in [6.45, 7) is 1.23. The first kappa shape index (κ1) is 18.2. The molecule has 1 atom stereocenters. The first-order valence-corrected chi connectivity index (χ1v) is 9.17.